The van der Waals surface area contributed by atoms with Gasteiger partial charge in [-0.3, -0.25) is 0 Å². The van der Waals surface area contributed by atoms with Gasteiger partial charge < -0.3 is 0 Å². The van der Waals surface area contributed by atoms with E-state index in [2.05, 4.69) is 42.5 Å². The molecule has 0 nitrogen and oxygen atoms in total. The zero-order chi connectivity index (χ0) is 11.6. The van der Waals surface area contributed by atoms with Gasteiger partial charge in [-0.15, -0.1) is 0 Å². The van der Waals surface area contributed by atoms with Crippen LogP contribution in [0.4, 0.5) is 0 Å². The van der Waals surface area contributed by atoms with E-state index in [0.29, 0.717) is 5.41 Å². The molecule has 0 aliphatic heterocycles. The van der Waals surface area contributed by atoms with Gasteiger partial charge in [-0.25, -0.2) is 0 Å². The first-order chi connectivity index (χ1) is 6.61. The summed E-state index contributed by atoms with van der Waals surface area (Å²) in [4.78, 5) is 7.95. The summed E-state index contributed by atoms with van der Waals surface area (Å²) < 4.78 is 0.756. The number of hydrogen-bond acceptors (Lipinski definition) is 0. The quantitative estimate of drug-likeness (QED) is 0.611. The summed E-state index contributed by atoms with van der Waals surface area (Å²) in [6.45, 7) is 10.2. The van der Waals surface area contributed by atoms with E-state index in [1.54, 1.807) is 6.42 Å². The number of rotatable bonds is 1. The zero-order valence-electron chi connectivity index (χ0n) is 11.6. The molecule has 4 atom stereocenters. The van der Waals surface area contributed by atoms with E-state index in [-0.39, 0.29) is 0 Å². The second-order valence-corrected chi connectivity index (χ2v) is 24.2. The molecule has 0 radical (unpaired) electrons. The van der Waals surface area contributed by atoms with E-state index in [4.69, 9.17) is 0 Å². The van der Waals surface area contributed by atoms with Gasteiger partial charge in [-0.2, -0.15) is 0 Å². The Hall–Kier alpha value is 0.799. The Bertz CT molecular complexity index is 274. The van der Waals surface area contributed by atoms with Crippen molar-refractivity contribution < 1.29 is 0 Å². The van der Waals surface area contributed by atoms with Crippen molar-refractivity contribution in [3.8, 4) is 0 Å². The molecule has 0 saturated heterocycles. The molecular formula is C14H28Sn. The zero-order valence-corrected chi connectivity index (χ0v) is 14.5. The fourth-order valence-electron chi connectivity index (χ4n) is 4.79. The van der Waals surface area contributed by atoms with Crippen LogP contribution in [0.25, 0.3) is 0 Å². The molecule has 3 rings (SSSR count). The van der Waals surface area contributed by atoms with Gasteiger partial charge in [0.1, 0.15) is 0 Å². The van der Waals surface area contributed by atoms with Crippen molar-refractivity contribution in [1.29, 1.82) is 0 Å². The van der Waals surface area contributed by atoms with Crippen molar-refractivity contribution in [2.45, 2.75) is 58.8 Å². The first-order valence-electron chi connectivity index (χ1n) is 6.61. The molecule has 0 aromatic carbocycles. The van der Waals surface area contributed by atoms with Crippen LogP contribution in [0.15, 0.2) is 0 Å². The molecule has 2 bridgehead atoms. The third-order valence-electron chi connectivity index (χ3n) is 6.26. The van der Waals surface area contributed by atoms with Crippen LogP contribution in [0.5, 0.6) is 0 Å². The molecule has 1 heteroatoms. The Kier molecular flexibility index (Phi) is 2.59. The third kappa shape index (κ3) is 1.46. The van der Waals surface area contributed by atoms with Crippen molar-refractivity contribution in [2.24, 2.45) is 23.2 Å². The van der Waals surface area contributed by atoms with Crippen molar-refractivity contribution in [3.63, 3.8) is 0 Å². The fraction of sp³-hybridized carbons (Fsp3) is 1.00. The van der Waals surface area contributed by atoms with Crippen LogP contribution >= 0.6 is 0 Å². The predicted octanol–water partition coefficient (Wildman–Crippen LogP) is 4.79. The maximum atomic E-state index is 2.65. The van der Waals surface area contributed by atoms with E-state index in [0.717, 1.165) is 21.2 Å². The Morgan fingerprint density at radius 3 is 1.93 bits per heavy atom. The molecule has 0 unspecified atom stereocenters. The molecule has 0 N–H and O–H groups in total. The molecule has 0 amide bonds. The van der Waals surface area contributed by atoms with Crippen LogP contribution in [-0.4, -0.2) is 18.4 Å². The van der Waals surface area contributed by atoms with E-state index >= 15 is 0 Å². The molecule has 0 heterocycles. The summed E-state index contributed by atoms with van der Waals surface area (Å²) in [5.74, 6) is 3.05. The third-order valence-corrected chi connectivity index (χ3v) is 17.6. The molecule has 15 heavy (non-hydrogen) atoms. The summed E-state index contributed by atoms with van der Waals surface area (Å²) in [5.41, 5.74) is 0.649. The molecule has 0 aromatic rings. The van der Waals surface area contributed by atoms with Crippen molar-refractivity contribution >= 4 is 18.4 Å². The topological polar surface area (TPSA) is 0 Å². The molecule has 3 aliphatic carbocycles. The first kappa shape index (κ1) is 12.3. The summed E-state index contributed by atoms with van der Waals surface area (Å²) >= 11 is -1.80. The van der Waals surface area contributed by atoms with Gasteiger partial charge in [0.15, 0.2) is 0 Å². The molecule has 3 saturated carbocycles. The van der Waals surface area contributed by atoms with Crippen LogP contribution in [0.2, 0.25) is 18.2 Å². The first-order valence-corrected chi connectivity index (χ1v) is 16.6. The SMILES string of the molecule is C[C@@H]1C[C@@](C)([Sn]([CH3])([CH3])[CH3])[C@H]2C[C@@H]1C2(C)C. The van der Waals surface area contributed by atoms with Gasteiger partial charge >= 0.3 is 100 Å². The Labute approximate surface area is 100 Å². The van der Waals surface area contributed by atoms with Gasteiger partial charge in [0.05, 0.1) is 0 Å². The van der Waals surface area contributed by atoms with Crippen LogP contribution < -0.4 is 0 Å². The van der Waals surface area contributed by atoms with Crippen LogP contribution in [0, 0.1) is 23.2 Å². The average molecular weight is 315 g/mol. The fourth-order valence-corrected chi connectivity index (χ4v) is 11.8. The molecule has 0 aromatic heterocycles. The van der Waals surface area contributed by atoms with Crippen LogP contribution in [0.1, 0.15) is 40.5 Å². The molecule has 3 aliphatic rings. The monoisotopic (exact) mass is 316 g/mol. The van der Waals surface area contributed by atoms with Crippen LogP contribution in [0.3, 0.4) is 0 Å². The van der Waals surface area contributed by atoms with Gasteiger partial charge in [-0.1, -0.05) is 0 Å². The molecule has 3 fully saturated rings. The summed E-state index contributed by atoms with van der Waals surface area (Å²) in [5, 5.41) is 0. The van der Waals surface area contributed by atoms with Crippen molar-refractivity contribution in [1.82, 2.24) is 0 Å². The van der Waals surface area contributed by atoms with Crippen molar-refractivity contribution in [2.75, 3.05) is 0 Å². The summed E-state index contributed by atoms with van der Waals surface area (Å²) in [6.07, 6.45) is 3.07. The second-order valence-electron chi connectivity index (χ2n) is 8.07. The Morgan fingerprint density at radius 2 is 1.60 bits per heavy atom. The molecular weight excluding hydrogens is 287 g/mol. The van der Waals surface area contributed by atoms with E-state index in [1.165, 1.54) is 6.42 Å². The van der Waals surface area contributed by atoms with E-state index in [1.807, 2.05) is 0 Å². The van der Waals surface area contributed by atoms with Crippen molar-refractivity contribution in [3.05, 3.63) is 0 Å². The minimum atomic E-state index is -1.80. The van der Waals surface area contributed by atoms with Gasteiger partial charge in [0.2, 0.25) is 0 Å². The van der Waals surface area contributed by atoms with Gasteiger partial charge in [-0.05, 0) is 0 Å². The van der Waals surface area contributed by atoms with Gasteiger partial charge in [0.25, 0.3) is 0 Å². The molecule has 88 valence electrons. The van der Waals surface area contributed by atoms with Gasteiger partial charge in [0, 0.05) is 0 Å². The molecule has 0 spiro atoms. The van der Waals surface area contributed by atoms with E-state index in [9.17, 15) is 0 Å². The van der Waals surface area contributed by atoms with Crippen LogP contribution in [-0.2, 0) is 0 Å². The standard InChI is InChI=1S/C11H19.3CH3.Sn/c1-7-5-8(2)10-6-9(7)11(10,3)4;;;;/h7,9-10H,5-6H2,1-4H3;3*1H3;/t7-,9+,10-;;;;/m1..../s1. The second kappa shape index (κ2) is 3.17. The minimum absolute atomic E-state index is 0.649. The maximum absolute atomic E-state index is 2.65. The number of fused-ring (bicyclic) bond motifs is 2. The average Bonchev–Trinajstić information content (AvgIpc) is 1.99. The Morgan fingerprint density at radius 1 is 1.07 bits per heavy atom. The summed E-state index contributed by atoms with van der Waals surface area (Å²) in [7, 11) is 0. The Balaban J connectivity index is 2.36. The predicted molar refractivity (Wildman–Crippen MR) is 70.9 cm³/mol. The van der Waals surface area contributed by atoms with E-state index < -0.39 is 18.4 Å². The number of hydrogen-bond donors (Lipinski definition) is 0. The normalized spacial score (nSPS) is 48.6. The summed E-state index contributed by atoms with van der Waals surface area (Å²) in [6, 6.07) is 0.